The van der Waals surface area contributed by atoms with Crippen molar-refractivity contribution in [3.63, 3.8) is 0 Å². The summed E-state index contributed by atoms with van der Waals surface area (Å²) in [6.45, 7) is 1.75. The lowest BCUT2D eigenvalue weighted by molar-refractivity contribution is -0.138. The van der Waals surface area contributed by atoms with Crippen LogP contribution in [0.4, 0.5) is 22.0 Å². The maximum Gasteiger partial charge on any atom is 0.417 e. The molecule has 1 aromatic rings. The summed E-state index contributed by atoms with van der Waals surface area (Å²) in [4.78, 5) is 10.4. The van der Waals surface area contributed by atoms with Crippen LogP contribution in [0.2, 0.25) is 0 Å². The largest absolute Gasteiger partial charge is 0.417 e. The Morgan fingerprint density at radius 3 is 1.88 bits per heavy atom. The van der Waals surface area contributed by atoms with Crippen LogP contribution in [0.25, 0.3) is 0 Å². The van der Waals surface area contributed by atoms with Gasteiger partial charge in [-0.15, -0.1) is 0 Å². The summed E-state index contributed by atoms with van der Waals surface area (Å²) in [6, 6.07) is 0. The minimum atomic E-state index is -4.82. The number of halogens is 5. The minimum absolute atomic E-state index is 0.123. The predicted octanol–water partition coefficient (Wildman–Crippen LogP) is 3.41. The maximum atomic E-state index is 13.1. The van der Waals surface area contributed by atoms with Crippen LogP contribution in [-0.2, 0) is 6.18 Å². The summed E-state index contributed by atoms with van der Waals surface area (Å²) in [5, 5.41) is 0. The zero-order valence-corrected chi connectivity index (χ0v) is 8.38. The van der Waals surface area contributed by atoms with Gasteiger partial charge < -0.3 is 0 Å². The van der Waals surface area contributed by atoms with E-state index in [0.29, 0.717) is 0 Å². The number of hydrogen-bond acceptors (Lipinski definition) is 1. The first-order chi connectivity index (χ1) is 7.21. The molecule has 0 aromatic heterocycles. The van der Waals surface area contributed by atoms with Crippen LogP contribution in [0.3, 0.4) is 0 Å². The van der Waals surface area contributed by atoms with Crippen molar-refractivity contribution < 1.29 is 26.7 Å². The number of alkyl halides is 3. The zero-order valence-electron chi connectivity index (χ0n) is 8.38. The van der Waals surface area contributed by atoms with Crippen molar-refractivity contribution in [2.75, 3.05) is 0 Å². The van der Waals surface area contributed by atoms with Crippen molar-refractivity contribution in [3.8, 4) is 0 Å². The molecule has 0 radical (unpaired) electrons. The summed E-state index contributed by atoms with van der Waals surface area (Å²) in [5.74, 6) is -3.18. The molecule has 0 unspecified atom stereocenters. The molecule has 0 fully saturated rings. The molecule has 0 aliphatic heterocycles. The molecule has 1 nitrogen and oxygen atoms in total. The van der Waals surface area contributed by atoms with Gasteiger partial charge in [0.1, 0.15) is 0 Å². The van der Waals surface area contributed by atoms with Crippen LogP contribution < -0.4 is 0 Å². The highest BCUT2D eigenvalue weighted by Crippen LogP contribution is 2.37. The van der Waals surface area contributed by atoms with E-state index in [1.165, 1.54) is 0 Å². The standard InChI is InChI=1S/C10H7F5O/c1-4-6(3-16)9(12)8(11)5(2)7(4)10(13,14)15/h3H,1-2H3. The molecule has 88 valence electrons. The van der Waals surface area contributed by atoms with Gasteiger partial charge in [0.15, 0.2) is 17.9 Å². The quantitative estimate of drug-likeness (QED) is 0.541. The lowest BCUT2D eigenvalue weighted by Crippen LogP contribution is -2.15. The van der Waals surface area contributed by atoms with Crippen molar-refractivity contribution in [2.24, 2.45) is 0 Å². The third-order valence-corrected chi connectivity index (χ3v) is 2.31. The van der Waals surface area contributed by atoms with E-state index in [2.05, 4.69) is 0 Å². The fourth-order valence-corrected chi connectivity index (χ4v) is 1.54. The van der Waals surface area contributed by atoms with Gasteiger partial charge in [-0.2, -0.15) is 13.2 Å². The average molecular weight is 238 g/mol. The molecule has 0 aliphatic carbocycles. The third kappa shape index (κ3) is 1.79. The van der Waals surface area contributed by atoms with Gasteiger partial charge in [0.05, 0.1) is 11.1 Å². The zero-order chi connectivity index (χ0) is 12.7. The molecule has 0 N–H and O–H groups in total. The summed E-state index contributed by atoms with van der Waals surface area (Å²) >= 11 is 0. The molecule has 1 rings (SSSR count). The molecule has 0 bridgehead atoms. The maximum absolute atomic E-state index is 13.1. The van der Waals surface area contributed by atoms with E-state index in [1.54, 1.807) is 0 Å². The van der Waals surface area contributed by atoms with E-state index in [1.807, 2.05) is 0 Å². The van der Waals surface area contributed by atoms with Crippen LogP contribution in [0.15, 0.2) is 0 Å². The number of aldehydes is 1. The van der Waals surface area contributed by atoms with Crippen molar-refractivity contribution in [3.05, 3.63) is 33.9 Å². The Morgan fingerprint density at radius 1 is 1.00 bits per heavy atom. The van der Waals surface area contributed by atoms with Gasteiger partial charge in [0, 0.05) is 5.56 Å². The second-order valence-electron chi connectivity index (χ2n) is 3.28. The Morgan fingerprint density at radius 2 is 1.50 bits per heavy atom. The first-order valence-corrected chi connectivity index (χ1v) is 4.22. The topological polar surface area (TPSA) is 17.1 Å². The SMILES string of the molecule is Cc1c(F)c(F)c(C=O)c(C)c1C(F)(F)F. The van der Waals surface area contributed by atoms with E-state index >= 15 is 0 Å². The first-order valence-electron chi connectivity index (χ1n) is 4.22. The number of carbonyl (C=O) groups excluding carboxylic acids is 1. The fourth-order valence-electron chi connectivity index (χ4n) is 1.54. The first kappa shape index (κ1) is 12.6. The molecule has 0 spiro atoms. The molecule has 0 heterocycles. The van der Waals surface area contributed by atoms with E-state index < -0.39 is 40.1 Å². The highest BCUT2D eigenvalue weighted by molar-refractivity contribution is 5.79. The lowest BCUT2D eigenvalue weighted by Gasteiger charge is -2.16. The molecule has 0 saturated heterocycles. The second-order valence-corrected chi connectivity index (χ2v) is 3.28. The predicted molar refractivity (Wildman–Crippen MR) is 46.2 cm³/mol. The molecule has 16 heavy (non-hydrogen) atoms. The van der Waals surface area contributed by atoms with Gasteiger partial charge >= 0.3 is 6.18 Å². The Labute approximate surface area is 87.9 Å². The van der Waals surface area contributed by atoms with Gasteiger partial charge in [-0.25, -0.2) is 8.78 Å². The normalized spacial score (nSPS) is 11.7. The third-order valence-electron chi connectivity index (χ3n) is 2.31. The van der Waals surface area contributed by atoms with Crippen LogP contribution >= 0.6 is 0 Å². The number of carbonyl (C=O) groups is 1. The Kier molecular flexibility index (Phi) is 3.03. The van der Waals surface area contributed by atoms with Crippen LogP contribution in [0.5, 0.6) is 0 Å². The fraction of sp³-hybridized carbons (Fsp3) is 0.300. The average Bonchev–Trinajstić information content (AvgIpc) is 2.13. The smallest absolute Gasteiger partial charge is 0.298 e. The Balaban J connectivity index is 3.76. The highest BCUT2D eigenvalue weighted by Gasteiger charge is 2.37. The van der Waals surface area contributed by atoms with Crippen LogP contribution in [-0.4, -0.2) is 6.29 Å². The monoisotopic (exact) mass is 238 g/mol. The summed E-state index contributed by atoms with van der Waals surface area (Å²) in [7, 11) is 0. The summed E-state index contributed by atoms with van der Waals surface area (Å²) in [6.07, 6.45) is -4.94. The molecule has 0 saturated carbocycles. The number of hydrogen-bond donors (Lipinski definition) is 0. The number of rotatable bonds is 1. The Hall–Kier alpha value is -1.46. The van der Waals surface area contributed by atoms with Crippen molar-refractivity contribution >= 4 is 6.29 Å². The molecular formula is C10H7F5O. The summed E-state index contributed by atoms with van der Waals surface area (Å²) in [5.41, 5.74) is -3.63. The van der Waals surface area contributed by atoms with Gasteiger partial charge in [-0.05, 0) is 19.4 Å². The van der Waals surface area contributed by atoms with E-state index in [0.717, 1.165) is 13.8 Å². The molecule has 0 aliphatic rings. The van der Waals surface area contributed by atoms with Gasteiger partial charge in [0.25, 0.3) is 0 Å². The van der Waals surface area contributed by atoms with Crippen LogP contribution in [0, 0.1) is 25.5 Å². The lowest BCUT2D eigenvalue weighted by atomic mass is 9.96. The van der Waals surface area contributed by atoms with E-state index in [9.17, 15) is 26.7 Å². The van der Waals surface area contributed by atoms with E-state index in [-0.39, 0.29) is 6.29 Å². The Bertz CT molecular complexity index is 448. The molecule has 6 heteroatoms. The van der Waals surface area contributed by atoms with Crippen molar-refractivity contribution in [2.45, 2.75) is 20.0 Å². The van der Waals surface area contributed by atoms with Crippen LogP contribution in [0.1, 0.15) is 27.0 Å². The van der Waals surface area contributed by atoms with Gasteiger partial charge in [-0.1, -0.05) is 0 Å². The van der Waals surface area contributed by atoms with E-state index in [4.69, 9.17) is 0 Å². The molecule has 0 atom stereocenters. The summed E-state index contributed by atoms with van der Waals surface area (Å²) < 4.78 is 63.8. The minimum Gasteiger partial charge on any atom is -0.298 e. The van der Waals surface area contributed by atoms with Crippen molar-refractivity contribution in [1.29, 1.82) is 0 Å². The van der Waals surface area contributed by atoms with Gasteiger partial charge in [0.2, 0.25) is 0 Å². The van der Waals surface area contributed by atoms with Crippen molar-refractivity contribution in [1.82, 2.24) is 0 Å². The second kappa shape index (κ2) is 3.84. The van der Waals surface area contributed by atoms with Gasteiger partial charge in [-0.3, -0.25) is 4.79 Å². The number of benzene rings is 1. The highest BCUT2D eigenvalue weighted by atomic mass is 19.4. The molecule has 0 amide bonds. The molecule has 1 aromatic carbocycles. The molecular weight excluding hydrogens is 231 g/mol.